The van der Waals surface area contributed by atoms with Crippen LogP contribution in [-0.4, -0.2) is 55.9 Å². The number of rotatable bonds is 5. The van der Waals surface area contributed by atoms with Crippen molar-refractivity contribution in [2.45, 2.75) is 18.9 Å². The van der Waals surface area contributed by atoms with Gasteiger partial charge in [0.2, 0.25) is 0 Å². The fraction of sp³-hybridized carbons (Fsp3) is 0.304. The van der Waals surface area contributed by atoms with E-state index in [0.717, 1.165) is 28.1 Å². The van der Waals surface area contributed by atoms with Crippen molar-refractivity contribution in [3.8, 4) is 28.4 Å². The van der Waals surface area contributed by atoms with Gasteiger partial charge in [0.25, 0.3) is 5.91 Å². The first-order valence-electron chi connectivity index (χ1n) is 10.3. The van der Waals surface area contributed by atoms with Gasteiger partial charge in [0.05, 0.1) is 37.1 Å². The van der Waals surface area contributed by atoms with E-state index in [1.807, 2.05) is 42.5 Å². The van der Waals surface area contributed by atoms with Crippen LogP contribution in [0.25, 0.3) is 16.9 Å². The second kappa shape index (κ2) is 7.67. The van der Waals surface area contributed by atoms with Gasteiger partial charge in [-0.3, -0.25) is 4.79 Å². The molecule has 1 N–H and O–H groups in total. The zero-order valence-corrected chi connectivity index (χ0v) is 18.6. The molecule has 8 nitrogen and oxygen atoms in total. The third-order valence-electron chi connectivity index (χ3n) is 6.00. The summed E-state index contributed by atoms with van der Waals surface area (Å²) in [5.74, 6) is 0.929. The van der Waals surface area contributed by atoms with Gasteiger partial charge in [-0.05, 0) is 36.2 Å². The number of hydrogen-bond acceptors (Lipinski definition) is 6. The van der Waals surface area contributed by atoms with Gasteiger partial charge >= 0.3 is 0 Å². The van der Waals surface area contributed by atoms with E-state index in [2.05, 4.69) is 10.4 Å². The molecule has 0 bridgehead atoms. The first kappa shape index (κ1) is 20.6. The molecule has 1 aromatic heterocycles. The SMILES string of the molecule is COc1cc2c(cc1OC)-c1c(c(C(=O)NC3CCS(=O)(=O)C3)nn1-c1ccccc1)C2. The molecule has 0 saturated carbocycles. The maximum Gasteiger partial charge on any atom is 0.272 e. The first-order chi connectivity index (χ1) is 15.4. The number of methoxy groups -OCH3 is 2. The number of carbonyl (C=O) groups excluding carboxylic acids is 1. The van der Waals surface area contributed by atoms with Crippen molar-refractivity contribution in [2.75, 3.05) is 25.7 Å². The molecule has 1 fully saturated rings. The van der Waals surface area contributed by atoms with E-state index in [1.54, 1.807) is 18.9 Å². The van der Waals surface area contributed by atoms with Crippen molar-refractivity contribution in [3.05, 3.63) is 59.3 Å². The molecule has 1 amide bonds. The van der Waals surface area contributed by atoms with E-state index in [0.29, 0.717) is 30.0 Å². The van der Waals surface area contributed by atoms with Crippen molar-refractivity contribution in [1.29, 1.82) is 0 Å². The number of sulfone groups is 1. The zero-order chi connectivity index (χ0) is 22.5. The molecular formula is C23H23N3O5S. The molecule has 0 spiro atoms. The van der Waals surface area contributed by atoms with Gasteiger partial charge in [-0.1, -0.05) is 18.2 Å². The molecule has 5 rings (SSSR count). The van der Waals surface area contributed by atoms with Gasteiger partial charge in [0, 0.05) is 23.6 Å². The zero-order valence-electron chi connectivity index (χ0n) is 17.8. The lowest BCUT2D eigenvalue weighted by atomic mass is 10.1. The molecule has 166 valence electrons. The molecular weight excluding hydrogens is 430 g/mol. The molecule has 1 unspecified atom stereocenters. The summed E-state index contributed by atoms with van der Waals surface area (Å²) >= 11 is 0. The average Bonchev–Trinajstić information content (AvgIpc) is 3.44. The Morgan fingerprint density at radius 3 is 2.50 bits per heavy atom. The van der Waals surface area contributed by atoms with Crippen molar-refractivity contribution in [2.24, 2.45) is 0 Å². The Kier molecular flexibility index (Phi) is 4.93. The highest BCUT2D eigenvalue weighted by atomic mass is 32.2. The molecule has 1 saturated heterocycles. The molecule has 1 aliphatic carbocycles. The van der Waals surface area contributed by atoms with Crippen molar-refractivity contribution in [3.63, 3.8) is 0 Å². The summed E-state index contributed by atoms with van der Waals surface area (Å²) in [4.78, 5) is 13.2. The summed E-state index contributed by atoms with van der Waals surface area (Å²) in [6, 6.07) is 13.0. The standard InChI is InChI=1S/C23H23N3O5S/c1-30-19-11-14-10-18-21(23(27)24-15-8-9-32(28,29)13-15)25-26(16-6-4-3-5-7-16)22(18)17(14)12-20(19)31-2/h3-7,11-12,15H,8-10,13H2,1-2H3,(H,24,27). The predicted octanol–water partition coefficient (Wildman–Crippen LogP) is 2.38. The maximum absolute atomic E-state index is 13.2. The summed E-state index contributed by atoms with van der Waals surface area (Å²) in [6.45, 7) is 0. The van der Waals surface area contributed by atoms with Crippen LogP contribution in [0.2, 0.25) is 0 Å². The summed E-state index contributed by atoms with van der Waals surface area (Å²) in [6.07, 6.45) is 0.938. The van der Waals surface area contributed by atoms with Crippen LogP contribution in [-0.2, 0) is 16.3 Å². The number of benzene rings is 2. The van der Waals surface area contributed by atoms with E-state index in [4.69, 9.17) is 9.47 Å². The molecule has 9 heteroatoms. The molecule has 32 heavy (non-hydrogen) atoms. The van der Waals surface area contributed by atoms with Gasteiger partial charge in [0.15, 0.2) is 27.0 Å². The molecule has 1 aliphatic heterocycles. The molecule has 0 radical (unpaired) electrons. The smallest absolute Gasteiger partial charge is 0.272 e. The van der Waals surface area contributed by atoms with Crippen LogP contribution in [0.15, 0.2) is 42.5 Å². The number of carbonyl (C=O) groups is 1. The van der Waals surface area contributed by atoms with Crippen LogP contribution >= 0.6 is 0 Å². The number of fused-ring (bicyclic) bond motifs is 3. The van der Waals surface area contributed by atoms with E-state index in [9.17, 15) is 13.2 Å². The van der Waals surface area contributed by atoms with Gasteiger partial charge in [0.1, 0.15) is 0 Å². The Morgan fingerprint density at radius 2 is 1.84 bits per heavy atom. The Labute approximate surface area is 186 Å². The fourth-order valence-electron chi connectivity index (χ4n) is 4.47. The number of hydrogen-bond donors (Lipinski definition) is 1. The molecule has 2 heterocycles. The second-order valence-corrected chi connectivity index (χ2v) is 10.3. The third-order valence-corrected chi connectivity index (χ3v) is 7.77. The van der Waals surface area contributed by atoms with Crippen molar-refractivity contribution >= 4 is 15.7 Å². The molecule has 2 aliphatic rings. The number of nitrogens with zero attached hydrogens (tertiary/aromatic N) is 2. The van der Waals surface area contributed by atoms with Crippen LogP contribution in [0.5, 0.6) is 11.5 Å². The summed E-state index contributed by atoms with van der Waals surface area (Å²) in [5.41, 5.74) is 4.71. The maximum atomic E-state index is 13.2. The topological polar surface area (TPSA) is 99.5 Å². The lowest BCUT2D eigenvalue weighted by Crippen LogP contribution is -2.36. The number of ether oxygens (including phenoxy) is 2. The quantitative estimate of drug-likeness (QED) is 0.498. The van der Waals surface area contributed by atoms with Crippen molar-refractivity contribution < 1.29 is 22.7 Å². The van der Waals surface area contributed by atoms with E-state index >= 15 is 0 Å². The predicted molar refractivity (Wildman–Crippen MR) is 119 cm³/mol. The Morgan fingerprint density at radius 1 is 1.12 bits per heavy atom. The number of para-hydroxylation sites is 1. The minimum Gasteiger partial charge on any atom is -0.493 e. The van der Waals surface area contributed by atoms with E-state index < -0.39 is 15.9 Å². The Balaban J connectivity index is 1.61. The Hall–Kier alpha value is -3.33. The normalized spacial score (nSPS) is 18.1. The van der Waals surface area contributed by atoms with E-state index in [-0.39, 0.29) is 17.4 Å². The molecule has 3 aromatic rings. The van der Waals surface area contributed by atoms with Crippen LogP contribution in [0.1, 0.15) is 28.0 Å². The minimum atomic E-state index is -3.10. The van der Waals surface area contributed by atoms with Crippen LogP contribution in [0.3, 0.4) is 0 Å². The highest BCUT2D eigenvalue weighted by molar-refractivity contribution is 7.91. The van der Waals surface area contributed by atoms with Gasteiger partial charge < -0.3 is 14.8 Å². The monoisotopic (exact) mass is 453 g/mol. The number of nitrogens with one attached hydrogen (secondary N) is 1. The lowest BCUT2D eigenvalue weighted by Gasteiger charge is -2.12. The highest BCUT2D eigenvalue weighted by Crippen LogP contribution is 2.44. The lowest BCUT2D eigenvalue weighted by molar-refractivity contribution is 0.0935. The molecule has 2 aromatic carbocycles. The van der Waals surface area contributed by atoms with Crippen LogP contribution in [0, 0.1) is 0 Å². The van der Waals surface area contributed by atoms with Gasteiger partial charge in [-0.2, -0.15) is 5.10 Å². The van der Waals surface area contributed by atoms with Gasteiger partial charge in [-0.15, -0.1) is 0 Å². The highest BCUT2D eigenvalue weighted by Gasteiger charge is 2.35. The summed E-state index contributed by atoms with van der Waals surface area (Å²) in [5, 5.41) is 7.53. The summed E-state index contributed by atoms with van der Waals surface area (Å²) in [7, 11) is 0.0765. The Bertz CT molecular complexity index is 1320. The van der Waals surface area contributed by atoms with Gasteiger partial charge in [-0.25, -0.2) is 13.1 Å². The van der Waals surface area contributed by atoms with Crippen LogP contribution in [0.4, 0.5) is 0 Å². The largest absolute Gasteiger partial charge is 0.493 e. The van der Waals surface area contributed by atoms with Crippen molar-refractivity contribution in [1.82, 2.24) is 15.1 Å². The number of aromatic nitrogens is 2. The fourth-order valence-corrected chi connectivity index (χ4v) is 6.15. The number of amides is 1. The summed E-state index contributed by atoms with van der Waals surface area (Å²) < 4.78 is 36.3. The second-order valence-electron chi connectivity index (χ2n) is 8.04. The third kappa shape index (κ3) is 3.42. The molecule has 1 atom stereocenters. The first-order valence-corrected chi connectivity index (χ1v) is 12.2. The van der Waals surface area contributed by atoms with Crippen LogP contribution < -0.4 is 14.8 Å². The van der Waals surface area contributed by atoms with E-state index in [1.165, 1.54) is 0 Å². The minimum absolute atomic E-state index is 0.0328. The average molecular weight is 454 g/mol.